The fourth-order valence-corrected chi connectivity index (χ4v) is 3.01. The Hall–Kier alpha value is -2.21. The molecule has 0 aliphatic carbocycles. The SMILES string of the molecule is O=S(=O)(Cc1nc2ccccc2[nH]1)c1ccccn1. The Morgan fingerprint density at radius 3 is 2.58 bits per heavy atom. The van der Waals surface area contributed by atoms with Crippen LogP contribution in [0.3, 0.4) is 0 Å². The van der Waals surface area contributed by atoms with Crippen LogP contribution in [0.2, 0.25) is 0 Å². The van der Waals surface area contributed by atoms with E-state index in [-0.39, 0.29) is 10.8 Å². The highest BCUT2D eigenvalue weighted by Gasteiger charge is 2.18. The molecule has 0 fully saturated rings. The largest absolute Gasteiger partial charge is 0.341 e. The van der Waals surface area contributed by atoms with E-state index < -0.39 is 9.84 Å². The normalized spacial score (nSPS) is 11.8. The minimum Gasteiger partial charge on any atom is -0.341 e. The van der Waals surface area contributed by atoms with Gasteiger partial charge in [0.1, 0.15) is 11.6 Å². The van der Waals surface area contributed by atoms with Gasteiger partial charge in [-0.25, -0.2) is 18.4 Å². The van der Waals surface area contributed by atoms with E-state index in [1.54, 1.807) is 12.1 Å². The molecule has 0 aliphatic heterocycles. The first-order chi connectivity index (χ1) is 9.15. The van der Waals surface area contributed by atoms with Crippen molar-refractivity contribution in [3.8, 4) is 0 Å². The number of imidazole rings is 1. The van der Waals surface area contributed by atoms with Crippen LogP contribution in [-0.4, -0.2) is 23.4 Å². The Balaban J connectivity index is 1.97. The molecule has 1 N–H and O–H groups in total. The number of nitrogens with zero attached hydrogens (tertiary/aromatic N) is 2. The van der Waals surface area contributed by atoms with Crippen molar-refractivity contribution in [2.75, 3.05) is 0 Å². The van der Waals surface area contributed by atoms with Gasteiger partial charge in [0, 0.05) is 6.20 Å². The van der Waals surface area contributed by atoms with Gasteiger partial charge in [0.05, 0.1) is 11.0 Å². The molecule has 0 atom stereocenters. The van der Waals surface area contributed by atoms with E-state index in [1.165, 1.54) is 12.3 Å². The van der Waals surface area contributed by atoms with Crippen LogP contribution in [0.4, 0.5) is 0 Å². The molecule has 5 nitrogen and oxygen atoms in total. The number of nitrogens with one attached hydrogen (secondary N) is 1. The zero-order chi connectivity index (χ0) is 13.3. The van der Waals surface area contributed by atoms with Gasteiger partial charge in [0.2, 0.25) is 9.84 Å². The molecule has 0 radical (unpaired) electrons. The lowest BCUT2D eigenvalue weighted by molar-refractivity contribution is 0.590. The molecule has 1 aromatic carbocycles. The van der Waals surface area contributed by atoms with Crippen LogP contribution in [0.25, 0.3) is 11.0 Å². The average molecular weight is 273 g/mol. The summed E-state index contributed by atoms with van der Waals surface area (Å²) in [6.07, 6.45) is 1.46. The van der Waals surface area contributed by atoms with Crippen molar-refractivity contribution in [3.05, 3.63) is 54.5 Å². The Labute approximate surface area is 110 Å². The molecule has 0 unspecified atom stereocenters. The summed E-state index contributed by atoms with van der Waals surface area (Å²) < 4.78 is 24.3. The minimum absolute atomic E-state index is 0.0652. The second-order valence-corrected chi connectivity index (χ2v) is 6.06. The summed E-state index contributed by atoms with van der Waals surface area (Å²) in [5.74, 6) is 0.241. The van der Waals surface area contributed by atoms with Crippen molar-refractivity contribution >= 4 is 20.9 Å². The van der Waals surface area contributed by atoms with Gasteiger partial charge in [-0.3, -0.25) is 0 Å². The lowest BCUT2D eigenvalue weighted by atomic mass is 10.3. The van der Waals surface area contributed by atoms with E-state index >= 15 is 0 Å². The predicted octanol–water partition coefficient (Wildman–Crippen LogP) is 1.93. The van der Waals surface area contributed by atoms with E-state index in [9.17, 15) is 8.42 Å². The van der Waals surface area contributed by atoms with Gasteiger partial charge in [-0.2, -0.15) is 0 Å². The molecule has 2 aromatic heterocycles. The molecular weight excluding hydrogens is 262 g/mol. The molecule has 3 rings (SSSR count). The molecule has 0 aliphatic rings. The summed E-state index contributed by atoms with van der Waals surface area (Å²) in [5, 5.41) is 0.0652. The van der Waals surface area contributed by atoms with Gasteiger partial charge in [-0.15, -0.1) is 0 Å². The predicted molar refractivity (Wildman–Crippen MR) is 71.2 cm³/mol. The van der Waals surface area contributed by atoms with Crippen LogP contribution in [0, 0.1) is 0 Å². The zero-order valence-corrected chi connectivity index (χ0v) is 10.8. The fourth-order valence-electron chi connectivity index (χ4n) is 1.86. The van der Waals surface area contributed by atoms with Crippen molar-refractivity contribution in [3.63, 3.8) is 0 Å². The maximum atomic E-state index is 12.2. The molecule has 0 saturated carbocycles. The van der Waals surface area contributed by atoms with Gasteiger partial charge in [-0.05, 0) is 24.3 Å². The molecule has 0 bridgehead atoms. The topological polar surface area (TPSA) is 75.7 Å². The standard InChI is InChI=1S/C13H11N3O2S/c17-19(18,13-7-3-4-8-14-13)9-12-15-10-5-1-2-6-11(10)16-12/h1-8H,9H2,(H,15,16). The molecule has 0 saturated heterocycles. The average Bonchev–Trinajstić information content (AvgIpc) is 2.81. The summed E-state index contributed by atoms with van der Waals surface area (Å²) in [6.45, 7) is 0. The number of H-pyrrole nitrogens is 1. The summed E-state index contributed by atoms with van der Waals surface area (Å²) in [5.41, 5.74) is 1.59. The number of fused-ring (bicyclic) bond motifs is 1. The lowest BCUT2D eigenvalue weighted by Crippen LogP contribution is -2.07. The van der Waals surface area contributed by atoms with Crippen LogP contribution in [0.15, 0.2) is 53.7 Å². The Morgan fingerprint density at radius 2 is 1.84 bits per heavy atom. The number of hydrogen-bond acceptors (Lipinski definition) is 4. The number of aromatic amines is 1. The second kappa shape index (κ2) is 4.47. The third kappa shape index (κ3) is 2.34. The molecular formula is C13H11N3O2S. The number of sulfone groups is 1. The van der Waals surface area contributed by atoms with Gasteiger partial charge in [-0.1, -0.05) is 18.2 Å². The van der Waals surface area contributed by atoms with Crippen molar-refractivity contribution in [2.24, 2.45) is 0 Å². The van der Waals surface area contributed by atoms with Crippen LogP contribution in [-0.2, 0) is 15.6 Å². The molecule has 2 heterocycles. The Morgan fingerprint density at radius 1 is 1.05 bits per heavy atom. The summed E-state index contributed by atoms with van der Waals surface area (Å²) in [6, 6.07) is 12.2. The Kier molecular flexibility index (Phi) is 2.79. The highest BCUT2D eigenvalue weighted by molar-refractivity contribution is 7.90. The Bertz CT molecular complexity index is 777. The number of pyridine rings is 1. The third-order valence-corrected chi connectivity index (χ3v) is 4.25. The summed E-state index contributed by atoms with van der Waals surface area (Å²) >= 11 is 0. The zero-order valence-electron chi connectivity index (χ0n) is 9.95. The van der Waals surface area contributed by atoms with E-state index in [4.69, 9.17) is 0 Å². The first-order valence-corrected chi connectivity index (χ1v) is 7.38. The highest BCUT2D eigenvalue weighted by atomic mass is 32.2. The lowest BCUT2D eigenvalue weighted by Gasteiger charge is -2.00. The molecule has 0 spiro atoms. The van der Waals surface area contributed by atoms with Crippen LogP contribution < -0.4 is 0 Å². The quantitative estimate of drug-likeness (QED) is 0.791. The number of para-hydroxylation sites is 2. The van der Waals surface area contributed by atoms with Gasteiger partial charge < -0.3 is 4.98 Å². The van der Waals surface area contributed by atoms with Crippen LogP contribution in [0.5, 0.6) is 0 Å². The second-order valence-electron chi connectivity index (χ2n) is 4.13. The third-order valence-electron chi connectivity index (χ3n) is 2.72. The number of benzene rings is 1. The first-order valence-electron chi connectivity index (χ1n) is 5.72. The summed E-state index contributed by atoms with van der Waals surface area (Å²) in [7, 11) is -3.47. The molecule has 19 heavy (non-hydrogen) atoms. The van der Waals surface area contributed by atoms with Crippen LogP contribution in [0.1, 0.15) is 5.82 Å². The fraction of sp³-hybridized carbons (Fsp3) is 0.0769. The van der Waals surface area contributed by atoms with Gasteiger partial charge >= 0.3 is 0 Å². The van der Waals surface area contributed by atoms with Crippen molar-refractivity contribution in [1.82, 2.24) is 15.0 Å². The molecule has 0 amide bonds. The van der Waals surface area contributed by atoms with Crippen LogP contribution >= 0.6 is 0 Å². The van der Waals surface area contributed by atoms with Crippen molar-refractivity contribution in [2.45, 2.75) is 10.8 Å². The van der Waals surface area contributed by atoms with E-state index in [0.29, 0.717) is 5.82 Å². The maximum absolute atomic E-state index is 12.2. The smallest absolute Gasteiger partial charge is 0.202 e. The minimum atomic E-state index is -3.47. The van der Waals surface area contributed by atoms with Crippen molar-refractivity contribution < 1.29 is 8.42 Å². The van der Waals surface area contributed by atoms with E-state index in [2.05, 4.69) is 15.0 Å². The highest BCUT2D eigenvalue weighted by Crippen LogP contribution is 2.15. The molecule has 3 aromatic rings. The van der Waals surface area contributed by atoms with E-state index in [0.717, 1.165) is 11.0 Å². The number of rotatable bonds is 3. The monoisotopic (exact) mass is 273 g/mol. The van der Waals surface area contributed by atoms with Gasteiger partial charge in [0.15, 0.2) is 5.03 Å². The molecule has 6 heteroatoms. The number of hydrogen-bond donors (Lipinski definition) is 1. The number of aromatic nitrogens is 3. The summed E-state index contributed by atoms with van der Waals surface area (Å²) in [4.78, 5) is 11.1. The maximum Gasteiger partial charge on any atom is 0.202 e. The van der Waals surface area contributed by atoms with Gasteiger partial charge in [0.25, 0.3) is 0 Å². The first kappa shape index (κ1) is 11.9. The van der Waals surface area contributed by atoms with Crippen molar-refractivity contribution in [1.29, 1.82) is 0 Å². The molecule has 96 valence electrons. The van der Waals surface area contributed by atoms with E-state index in [1.807, 2.05) is 24.3 Å².